The Morgan fingerprint density at radius 2 is 2.21 bits per heavy atom. The minimum Gasteiger partial charge on any atom is -0.359 e. The third kappa shape index (κ3) is 1.76. The van der Waals surface area contributed by atoms with Crippen molar-refractivity contribution in [2.24, 2.45) is 5.92 Å². The first-order valence-corrected chi connectivity index (χ1v) is 6.87. The van der Waals surface area contributed by atoms with E-state index in [1.165, 1.54) is 4.57 Å². The lowest BCUT2D eigenvalue weighted by atomic mass is 9.99. The predicted molar refractivity (Wildman–Crippen MR) is 78.1 cm³/mol. The number of carbonyl (C=O) groups is 1. The van der Waals surface area contributed by atoms with Gasteiger partial charge in [-0.2, -0.15) is 0 Å². The fourth-order valence-electron chi connectivity index (χ4n) is 2.46. The van der Waals surface area contributed by atoms with Crippen LogP contribution in [0.5, 0.6) is 0 Å². The zero-order valence-electron chi connectivity index (χ0n) is 10.9. The van der Waals surface area contributed by atoms with Crippen LogP contribution >= 0.6 is 12.2 Å². The van der Waals surface area contributed by atoms with Gasteiger partial charge in [-0.15, -0.1) is 0 Å². The van der Waals surface area contributed by atoms with Gasteiger partial charge >= 0.3 is 0 Å². The quantitative estimate of drug-likeness (QED) is 0.853. The van der Waals surface area contributed by atoms with Gasteiger partial charge in [0.05, 0.1) is 5.52 Å². The third-order valence-electron chi connectivity index (χ3n) is 3.78. The molecule has 0 bridgehead atoms. The van der Waals surface area contributed by atoms with Gasteiger partial charge in [0.25, 0.3) is 5.91 Å². The number of carbonyl (C=O) groups excluding carboxylic acids is 1. The molecule has 98 valence electrons. The molecule has 0 spiro atoms. The zero-order valence-corrected chi connectivity index (χ0v) is 11.7. The minimum atomic E-state index is -0.209. The Bertz CT molecular complexity index is 722. The largest absolute Gasteiger partial charge is 0.359 e. The number of para-hydroxylation sites is 1. The summed E-state index contributed by atoms with van der Waals surface area (Å²) >= 11 is 5.25. The topological polar surface area (TPSA) is 46.9 Å². The maximum atomic E-state index is 12.5. The highest BCUT2D eigenvalue weighted by Gasteiger charge is 2.34. The van der Waals surface area contributed by atoms with Crippen molar-refractivity contribution in [3.63, 3.8) is 0 Å². The lowest BCUT2D eigenvalue weighted by molar-refractivity contribution is 0.0882. The summed E-state index contributed by atoms with van der Waals surface area (Å²) < 4.78 is 1.87. The molecule has 4 nitrogen and oxygen atoms in total. The highest BCUT2D eigenvalue weighted by Crippen LogP contribution is 2.30. The first kappa shape index (κ1) is 12.3. The van der Waals surface area contributed by atoms with Crippen molar-refractivity contribution in [2.75, 3.05) is 5.32 Å². The standard InChI is InChI=1S/C14H15N3OS/c1-3-8(2)11-13(18)17-12(16-11)9-6-4-5-7-10(9)15-14(17)19/h4-8,11,16H,3H2,1-2H3/t8-,11-/m0/s1. The molecule has 1 N–H and O–H groups in total. The molecule has 0 radical (unpaired) electrons. The predicted octanol–water partition coefficient (Wildman–Crippen LogP) is 3.25. The number of hydrogen-bond acceptors (Lipinski definition) is 4. The van der Waals surface area contributed by atoms with Gasteiger partial charge in [-0.05, 0) is 30.3 Å². The second-order valence-electron chi connectivity index (χ2n) is 4.94. The Kier molecular flexibility index (Phi) is 2.86. The summed E-state index contributed by atoms with van der Waals surface area (Å²) in [6, 6.07) is 7.52. The number of nitrogens with one attached hydrogen (secondary N) is 1. The molecule has 1 aliphatic rings. The van der Waals surface area contributed by atoms with Crippen LogP contribution in [0, 0.1) is 10.7 Å². The molecule has 0 aliphatic carbocycles. The molecule has 1 aromatic heterocycles. The van der Waals surface area contributed by atoms with Crippen LogP contribution < -0.4 is 5.32 Å². The second kappa shape index (κ2) is 4.42. The summed E-state index contributed by atoms with van der Waals surface area (Å²) in [5.74, 6) is 1.05. The van der Waals surface area contributed by atoms with Gasteiger partial charge in [-0.3, -0.25) is 4.79 Å². The normalized spacial score (nSPS) is 19.3. The van der Waals surface area contributed by atoms with Crippen molar-refractivity contribution in [1.82, 2.24) is 9.55 Å². The number of benzene rings is 1. The second-order valence-corrected chi connectivity index (χ2v) is 5.31. The van der Waals surface area contributed by atoms with Crippen molar-refractivity contribution in [3.8, 4) is 0 Å². The highest BCUT2D eigenvalue weighted by atomic mass is 32.1. The number of nitrogens with zero attached hydrogens (tertiary/aromatic N) is 2. The highest BCUT2D eigenvalue weighted by molar-refractivity contribution is 7.71. The molecule has 2 heterocycles. The van der Waals surface area contributed by atoms with Crippen LogP contribution in [0.25, 0.3) is 10.9 Å². The van der Waals surface area contributed by atoms with Crippen molar-refractivity contribution in [2.45, 2.75) is 26.3 Å². The average molecular weight is 273 g/mol. The van der Waals surface area contributed by atoms with E-state index in [2.05, 4.69) is 24.1 Å². The number of hydrogen-bond donors (Lipinski definition) is 1. The van der Waals surface area contributed by atoms with E-state index in [1.807, 2.05) is 24.3 Å². The summed E-state index contributed by atoms with van der Waals surface area (Å²) in [4.78, 5) is 16.8. The van der Waals surface area contributed by atoms with E-state index in [-0.39, 0.29) is 17.9 Å². The van der Waals surface area contributed by atoms with Gasteiger partial charge in [0, 0.05) is 5.39 Å². The smallest absolute Gasteiger partial charge is 0.257 e. The molecule has 2 atom stereocenters. The number of anilines is 1. The van der Waals surface area contributed by atoms with E-state index in [0.717, 1.165) is 23.1 Å². The van der Waals surface area contributed by atoms with Crippen LogP contribution in [0.3, 0.4) is 0 Å². The van der Waals surface area contributed by atoms with Crippen LogP contribution in [-0.4, -0.2) is 21.5 Å². The Hall–Kier alpha value is -1.75. The van der Waals surface area contributed by atoms with E-state index in [9.17, 15) is 4.79 Å². The van der Waals surface area contributed by atoms with Crippen molar-refractivity contribution >= 4 is 34.8 Å². The van der Waals surface area contributed by atoms with Gasteiger partial charge in [-0.25, -0.2) is 9.55 Å². The molecule has 0 fully saturated rings. The van der Waals surface area contributed by atoms with Gasteiger partial charge in [-0.1, -0.05) is 32.4 Å². The average Bonchev–Trinajstić information content (AvgIpc) is 2.77. The molecule has 1 aliphatic heterocycles. The molecule has 0 unspecified atom stereocenters. The zero-order chi connectivity index (χ0) is 13.6. The molecule has 2 aromatic rings. The van der Waals surface area contributed by atoms with Crippen LogP contribution in [0.1, 0.15) is 25.1 Å². The molecule has 0 saturated carbocycles. The fourth-order valence-corrected chi connectivity index (χ4v) is 2.74. The molecule has 1 aromatic carbocycles. The number of rotatable bonds is 2. The Balaban J connectivity index is 2.24. The maximum Gasteiger partial charge on any atom is 0.257 e. The van der Waals surface area contributed by atoms with Crippen LogP contribution in [0.4, 0.5) is 5.82 Å². The maximum absolute atomic E-state index is 12.5. The summed E-state index contributed by atoms with van der Waals surface area (Å²) in [5, 5.41) is 4.27. The van der Waals surface area contributed by atoms with Crippen molar-refractivity contribution in [1.29, 1.82) is 0 Å². The molecular weight excluding hydrogens is 258 g/mol. The van der Waals surface area contributed by atoms with Crippen molar-refractivity contribution < 1.29 is 4.79 Å². The van der Waals surface area contributed by atoms with E-state index < -0.39 is 0 Å². The lowest BCUT2D eigenvalue weighted by Gasteiger charge is -2.15. The fraction of sp³-hybridized carbons (Fsp3) is 0.357. The van der Waals surface area contributed by atoms with E-state index in [4.69, 9.17) is 12.2 Å². The summed E-state index contributed by atoms with van der Waals surface area (Å²) in [7, 11) is 0. The SMILES string of the molecule is CC[C@H](C)[C@@H]1Nc2c3ccccc3nc(=S)n2C1=O. The molecule has 3 rings (SSSR count). The lowest BCUT2D eigenvalue weighted by Crippen LogP contribution is -2.31. The van der Waals surface area contributed by atoms with Crippen LogP contribution in [-0.2, 0) is 0 Å². The summed E-state index contributed by atoms with van der Waals surface area (Å²) in [6.07, 6.45) is 0.941. The number of aromatic nitrogens is 2. The first-order valence-electron chi connectivity index (χ1n) is 6.46. The molecule has 5 heteroatoms. The van der Waals surface area contributed by atoms with Crippen molar-refractivity contribution in [3.05, 3.63) is 29.0 Å². The Morgan fingerprint density at radius 3 is 2.95 bits per heavy atom. The molecule has 0 amide bonds. The first-order chi connectivity index (χ1) is 9.13. The van der Waals surface area contributed by atoms with Gasteiger partial charge in [0.15, 0.2) is 0 Å². The number of fused-ring (bicyclic) bond motifs is 3. The Morgan fingerprint density at radius 1 is 1.47 bits per heavy atom. The molecule has 0 saturated heterocycles. The van der Waals surface area contributed by atoms with Gasteiger partial charge in [0.2, 0.25) is 4.77 Å². The molecular formula is C14H15N3OS. The van der Waals surface area contributed by atoms with E-state index in [0.29, 0.717) is 4.77 Å². The van der Waals surface area contributed by atoms with Gasteiger partial charge in [0.1, 0.15) is 11.9 Å². The molecule has 19 heavy (non-hydrogen) atoms. The third-order valence-corrected chi connectivity index (χ3v) is 4.06. The van der Waals surface area contributed by atoms with E-state index in [1.54, 1.807) is 0 Å². The minimum absolute atomic E-state index is 0.00704. The monoisotopic (exact) mass is 273 g/mol. The van der Waals surface area contributed by atoms with Gasteiger partial charge < -0.3 is 5.32 Å². The van der Waals surface area contributed by atoms with E-state index >= 15 is 0 Å². The Labute approximate surface area is 116 Å². The van der Waals surface area contributed by atoms with Crippen LogP contribution in [0.2, 0.25) is 0 Å². The van der Waals surface area contributed by atoms with Crippen LogP contribution in [0.15, 0.2) is 24.3 Å². The summed E-state index contributed by atoms with van der Waals surface area (Å²) in [6.45, 7) is 4.15. The summed E-state index contributed by atoms with van der Waals surface area (Å²) in [5.41, 5.74) is 0.823.